The molecule has 0 spiro atoms. The van der Waals surface area contributed by atoms with Crippen molar-refractivity contribution in [1.82, 2.24) is 24.4 Å². The number of fused-ring (bicyclic) bond motifs is 1. The Balaban J connectivity index is 1.15. The van der Waals surface area contributed by atoms with Crippen molar-refractivity contribution in [2.24, 2.45) is 5.73 Å². The molecule has 242 valence electrons. The third-order valence-corrected chi connectivity index (χ3v) is 9.35. The lowest BCUT2D eigenvalue weighted by molar-refractivity contribution is -0.115. The number of phosphoric acid groups is 2. The fourth-order valence-corrected chi connectivity index (χ4v) is 6.67. The molecule has 0 aromatic carbocycles. The van der Waals surface area contributed by atoms with Crippen LogP contribution >= 0.6 is 15.6 Å². The summed E-state index contributed by atoms with van der Waals surface area (Å²) >= 11 is 0. The van der Waals surface area contributed by atoms with Crippen molar-refractivity contribution in [2.75, 3.05) is 18.9 Å². The Kier molecular flexibility index (Phi) is 8.83. The van der Waals surface area contributed by atoms with Gasteiger partial charge in [0.15, 0.2) is 23.9 Å². The molecule has 1 amide bonds. The van der Waals surface area contributed by atoms with Gasteiger partial charge in [-0.15, -0.1) is 0 Å². The predicted octanol–water partition coefficient (Wildman–Crippen LogP) is -2.69. The number of carbonyl (C=O) groups excluding carboxylic acids is 1. The largest absolute Gasteiger partial charge is 0.481 e. The Morgan fingerprint density at radius 3 is 2.20 bits per heavy atom. The normalized spacial score (nSPS) is 35.3. The molecular formula is C21H29N7O14P2. The highest BCUT2D eigenvalue weighted by Crippen LogP contribution is 2.60. The number of allylic oxidation sites excluding steroid dienone is 1. The summed E-state index contributed by atoms with van der Waals surface area (Å²) in [6, 6.07) is 0. The van der Waals surface area contributed by atoms with Gasteiger partial charge in [0.05, 0.1) is 19.5 Å². The Labute approximate surface area is 248 Å². The van der Waals surface area contributed by atoms with Gasteiger partial charge in [-0.05, 0) is 6.40 Å². The van der Waals surface area contributed by atoms with Gasteiger partial charge < -0.3 is 56.1 Å². The van der Waals surface area contributed by atoms with E-state index in [1.165, 1.54) is 23.2 Å². The highest BCUT2D eigenvalue weighted by atomic mass is 31.3. The maximum absolute atomic E-state index is 12.4. The summed E-state index contributed by atoms with van der Waals surface area (Å²) in [6.07, 6.45) is -7.15. The molecule has 3 unspecified atom stereocenters. The molecule has 0 radical (unpaired) electrons. The number of nitrogens with two attached hydrogens (primary N) is 2. The quantitative estimate of drug-likeness (QED) is 0.113. The zero-order valence-electron chi connectivity index (χ0n) is 23.2. The zero-order valence-corrected chi connectivity index (χ0v) is 24.0. The molecule has 2 aromatic heterocycles. The molecule has 3 aliphatic rings. The molecule has 0 aliphatic carbocycles. The Morgan fingerprint density at radius 1 is 1.00 bits per heavy atom. The van der Waals surface area contributed by atoms with E-state index in [0.29, 0.717) is 0 Å². The molecule has 2 saturated heterocycles. The standard InChI is InChI=1S/C21H29N7O14P2/c22-17-12-19(25-7-24-17)28(8-26-12)21-16(32)14(30)11(41-21)6-39-44(36,37)42-43(34,35)38-5-10-13(29)15(31)20(40-10)27-3-1-2-9(4-27)18(23)33/h1,3-4,7-8,10-11,13-16,20-21,29-32H,2,5-6H2,(H2,23,33)(H,34,35)(H,36,37)(H2,22,24,25)/t10-,11-,13-,14-,15-,16-,20-,21-/m1/s1/i2T/t2?,10-,11-,13-,14-,15-,16-,20-,21-. The topological polar surface area (TPSA) is 318 Å². The number of aliphatic hydroxyl groups is 4. The van der Waals surface area contributed by atoms with Crippen LogP contribution < -0.4 is 11.5 Å². The van der Waals surface area contributed by atoms with Crippen LogP contribution in [0.3, 0.4) is 0 Å². The molecule has 2 aromatic rings. The van der Waals surface area contributed by atoms with E-state index in [9.17, 15) is 44.1 Å². The minimum absolute atomic E-state index is 0.0451. The summed E-state index contributed by atoms with van der Waals surface area (Å²) in [4.78, 5) is 44.6. The molecule has 23 heteroatoms. The van der Waals surface area contributed by atoms with Gasteiger partial charge in [-0.2, -0.15) is 4.31 Å². The SMILES string of the molecule is [3H]C1C=CN([C@@H]2O[C@H](COP(=O)(O)OP(=O)(O)OC[C@H]3O[C@@H](n4cnc5c(N)ncnc54)[C@H](O)[C@@H]3O)[C@@H](O)[C@H]2O)C=C1C(N)=O. The van der Waals surface area contributed by atoms with E-state index in [2.05, 4.69) is 23.8 Å². The van der Waals surface area contributed by atoms with Crippen LogP contribution in [-0.4, -0.2) is 117 Å². The van der Waals surface area contributed by atoms with E-state index in [1.54, 1.807) is 0 Å². The maximum atomic E-state index is 12.4. The molecule has 11 atom stereocenters. The smallest absolute Gasteiger partial charge is 0.387 e. The maximum Gasteiger partial charge on any atom is 0.481 e. The molecule has 5 rings (SSSR count). The highest BCUT2D eigenvalue weighted by Gasteiger charge is 2.48. The average molecular weight is 667 g/mol. The van der Waals surface area contributed by atoms with Gasteiger partial charge in [-0.25, -0.2) is 24.1 Å². The first-order valence-corrected chi connectivity index (χ1v) is 15.6. The van der Waals surface area contributed by atoms with Crippen molar-refractivity contribution in [3.8, 4) is 0 Å². The van der Waals surface area contributed by atoms with E-state index >= 15 is 0 Å². The van der Waals surface area contributed by atoms with Crippen molar-refractivity contribution >= 4 is 38.5 Å². The molecular weight excluding hydrogens is 636 g/mol. The van der Waals surface area contributed by atoms with Gasteiger partial charge in [0, 0.05) is 19.3 Å². The first-order valence-electron chi connectivity index (χ1n) is 13.2. The number of anilines is 1. The minimum Gasteiger partial charge on any atom is -0.387 e. The number of hydrogen-bond acceptors (Lipinski definition) is 17. The van der Waals surface area contributed by atoms with Crippen molar-refractivity contribution in [1.29, 1.82) is 0 Å². The van der Waals surface area contributed by atoms with Crippen LogP contribution in [0.2, 0.25) is 0 Å². The van der Waals surface area contributed by atoms with Crippen LogP contribution in [-0.2, 0) is 36.8 Å². The molecule has 44 heavy (non-hydrogen) atoms. The average Bonchev–Trinajstić information content (AvgIpc) is 3.61. The van der Waals surface area contributed by atoms with Gasteiger partial charge in [-0.3, -0.25) is 18.4 Å². The second-order valence-corrected chi connectivity index (χ2v) is 12.7. The first-order chi connectivity index (χ1) is 21.1. The lowest BCUT2D eigenvalue weighted by atomic mass is 10.1. The van der Waals surface area contributed by atoms with E-state index < -0.39 is 90.2 Å². The zero-order chi connectivity index (χ0) is 32.8. The number of nitrogens with zero attached hydrogens (tertiary/aromatic N) is 5. The predicted molar refractivity (Wildman–Crippen MR) is 142 cm³/mol. The van der Waals surface area contributed by atoms with Gasteiger partial charge in [0.25, 0.3) is 0 Å². The number of hydrogen-bond donors (Lipinski definition) is 8. The number of aromatic nitrogens is 4. The van der Waals surface area contributed by atoms with E-state index in [4.69, 9.17) is 26.8 Å². The highest BCUT2D eigenvalue weighted by molar-refractivity contribution is 7.61. The number of aliphatic hydroxyl groups excluding tert-OH is 4. The lowest BCUT2D eigenvalue weighted by Crippen LogP contribution is -2.40. The van der Waals surface area contributed by atoms with Crippen molar-refractivity contribution in [3.05, 3.63) is 36.7 Å². The first kappa shape index (κ1) is 31.1. The summed E-state index contributed by atoms with van der Waals surface area (Å²) in [5.74, 6) is -0.854. The minimum atomic E-state index is -5.40. The lowest BCUT2D eigenvalue weighted by Gasteiger charge is -2.28. The van der Waals surface area contributed by atoms with Crippen LogP contribution in [0.25, 0.3) is 11.2 Å². The van der Waals surface area contributed by atoms with Gasteiger partial charge in [-0.1, -0.05) is 6.08 Å². The third-order valence-electron chi connectivity index (χ3n) is 6.75. The molecule has 0 bridgehead atoms. The number of carbonyl (C=O) groups is 1. The number of phosphoric ester groups is 2. The molecule has 21 nitrogen and oxygen atoms in total. The number of ether oxygens (including phenoxy) is 2. The summed E-state index contributed by atoms with van der Waals surface area (Å²) in [6.45, 7) is -1.84. The second kappa shape index (κ2) is 12.5. The number of nitrogen functional groups attached to an aromatic ring is 1. The van der Waals surface area contributed by atoms with Crippen molar-refractivity contribution < 1.29 is 68.3 Å². The monoisotopic (exact) mass is 667 g/mol. The second-order valence-electron chi connectivity index (χ2n) is 9.69. The summed E-state index contributed by atoms with van der Waals surface area (Å²) in [5.41, 5.74) is 11.2. The van der Waals surface area contributed by atoms with Crippen LogP contribution in [0, 0.1) is 0 Å². The van der Waals surface area contributed by atoms with E-state index in [-0.39, 0.29) is 22.6 Å². The summed E-state index contributed by atoms with van der Waals surface area (Å²) in [7, 11) is -10.8. The Hall–Kier alpha value is -2.88. The van der Waals surface area contributed by atoms with Crippen molar-refractivity contribution in [3.63, 3.8) is 0 Å². The Morgan fingerprint density at radius 2 is 1.59 bits per heavy atom. The van der Waals surface area contributed by atoms with Crippen LogP contribution in [0.5, 0.6) is 0 Å². The summed E-state index contributed by atoms with van der Waals surface area (Å²) in [5, 5.41) is 41.7. The van der Waals surface area contributed by atoms with Gasteiger partial charge >= 0.3 is 15.6 Å². The number of primary amides is 1. The molecule has 3 aliphatic heterocycles. The molecule has 0 saturated carbocycles. The third kappa shape index (κ3) is 6.70. The van der Waals surface area contributed by atoms with Crippen LogP contribution in [0.4, 0.5) is 5.82 Å². The van der Waals surface area contributed by atoms with E-state index in [1.807, 2.05) is 0 Å². The summed E-state index contributed by atoms with van der Waals surface area (Å²) < 4.78 is 58.6. The van der Waals surface area contributed by atoms with Crippen molar-refractivity contribution in [2.45, 2.75) is 55.5 Å². The molecule has 2 fully saturated rings. The Bertz CT molecular complexity index is 1600. The fraction of sp³-hybridized carbons (Fsp3) is 0.524. The van der Waals surface area contributed by atoms with Crippen LogP contribution in [0.15, 0.2) is 36.7 Å². The molecule has 5 heterocycles. The number of rotatable bonds is 11. The number of imidazole rings is 1. The van der Waals surface area contributed by atoms with Crippen LogP contribution in [0.1, 0.15) is 14.0 Å². The fourth-order valence-electron chi connectivity index (χ4n) is 4.58. The van der Waals surface area contributed by atoms with Gasteiger partial charge in [0.2, 0.25) is 5.91 Å². The molecule has 10 N–H and O–H groups in total. The van der Waals surface area contributed by atoms with Gasteiger partial charge in [0.1, 0.15) is 48.5 Å². The van der Waals surface area contributed by atoms with E-state index in [0.717, 1.165) is 17.4 Å². The number of amides is 1.